The molecule has 102 valence electrons. The second-order valence-electron chi connectivity index (χ2n) is 4.83. The number of anilines is 1. The first-order chi connectivity index (χ1) is 8.16. The zero-order chi connectivity index (χ0) is 14.0. The highest BCUT2D eigenvalue weighted by atomic mass is 32.2. The topological polar surface area (TPSA) is 68.3 Å². The fourth-order valence-corrected chi connectivity index (χ4v) is 1.85. The van der Waals surface area contributed by atoms with Gasteiger partial charge in [0.05, 0.1) is 23.5 Å². The molecule has 0 fully saturated rings. The maximum Gasteiger partial charge on any atom is 0.192 e. The smallest absolute Gasteiger partial charge is 0.192 e. The maximum absolute atomic E-state index is 11.3. The van der Waals surface area contributed by atoms with Crippen LogP contribution < -0.4 is 5.32 Å². The lowest BCUT2D eigenvalue weighted by Crippen LogP contribution is -2.41. The van der Waals surface area contributed by atoms with Gasteiger partial charge in [-0.05, 0) is 32.9 Å². The summed E-state index contributed by atoms with van der Waals surface area (Å²) in [6.45, 7) is 5.94. The first-order valence-electron chi connectivity index (χ1n) is 5.64. The highest BCUT2D eigenvalue weighted by Crippen LogP contribution is 2.18. The summed E-state index contributed by atoms with van der Waals surface area (Å²) in [5.74, 6) is 0. The summed E-state index contributed by atoms with van der Waals surface area (Å²) in [6, 6.07) is 3.25. The van der Waals surface area contributed by atoms with Crippen molar-refractivity contribution in [3.05, 3.63) is 18.3 Å². The van der Waals surface area contributed by atoms with Crippen molar-refractivity contribution in [2.45, 2.75) is 37.4 Å². The number of ether oxygens (including phenoxy) is 1. The Hall–Kier alpha value is -1.14. The van der Waals surface area contributed by atoms with Crippen molar-refractivity contribution in [3.8, 4) is 0 Å². The molecular formula is C12H20N2O3S. The van der Waals surface area contributed by atoms with Crippen molar-refractivity contribution in [2.24, 2.45) is 0 Å². The summed E-state index contributed by atoms with van der Waals surface area (Å²) in [5, 5.41) is 3.31. The highest BCUT2D eigenvalue weighted by molar-refractivity contribution is 7.90. The van der Waals surface area contributed by atoms with Crippen LogP contribution in [0.15, 0.2) is 23.4 Å². The Morgan fingerprint density at radius 2 is 2.00 bits per heavy atom. The Balaban J connectivity index is 2.82. The molecule has 0 radical (unpaired) electrons. The van der Waals surface area contributed by atoms with Crippen LogP contribution in [-0.2, 0) is 14.6 Å². The standard InChI is InChI=1S/C12H20N2O3S/c1-9(12(2,3)17-4)14-10-6-7-11(13-8-10)18(5,15)16/h6-9,14H,1-5H3. The molecule has 0 aliphatic rings. The van der Waals surface area contributed by atoms with E-state index in [0.29, 0.717) is 0 Å². The van der Waals surface area contributed by atoms with Gasteiger partial charge in [0, 0.05) is 13.4 Å². The monoisotopic (exact) mass is 272 g/mol. The minimum atomic E-state index is -3.24. The largest absolute Gasteiger partial charge is 0.378 e. The van der Waals surface area contributed by atoms with E-state index in [1.807, 2.05) is 20.8 Å². The molecule has 0 aromatic carbocycles. The van der Waals surface area contributed by atoms with Crippen LogP contribution >= 0.6 is 0 Å². The average molecular weight is 272 g/mol. The molecule has 1 aromatic heterocycles. The molecule has 1 heterocycles. The first kappa shape index (κ1) is 14.9. The minimum absolute atomic E-state index is 0.0633. The van der Waals surface area contributed by atoms with Crippen molar-refractivity contribution < 1.29 is 13.2 Å². The Morgan fingerprint density at radius 1 is 1.39 bits per heavy atom. The number of pyridine rings is 1. The molecule has 0 aliphatic heterocycles. The van der Waals surface area contributed by atoms with Crippen molar-refractivity contribution >= 4 is 15.5 Å². The number of rotatable bonds is 5. The van der Waals surface area contributed by atoms with E-state index in [1.54, 1.807) is 13.2 Å². The predicted octanol–water partition coefficient (Wildman–Crippen LogP) is 1.71. The Kier molecular flexibility index (Phi) is 4.34. The van der Waals surface area contributed by atoms with Gasteiger partial charge in [-0.2, -0.15) is 0 Å². The third-order valence-corrected chi connectivity index (χ3v) is 4.07. The van der Waals surface area contributed by atoms with Crippen molar-refractivity contribution in [1.82, 2.24) is 4.98 Å². The second kappa shape index (κ2) is 5.24. The van der Waals surface area contributed by atoms with Gasteiger partial charge in [0.2, 0.25) is 0 Å². The van der Waals surface area contributed by atoms with E-state index in [1.165, 1.54) is 12.3 Å². The third-order valence-electron chi connectivity index (χ3n) is 3.07. The molecule has 18 heavy (non-hydrogen) atoms. The van der Waals surface area contributed by atoms with E-state index in [0.717, 1.165) is 11.9 Å². The predicted molar refractivity (Wildman–Crippen MR) is 71.5 cm³/mol. The lowest BCUT2D eigenvalue weighted by molar-refractivity contribution is 0.0107. The van der Waals surface area contributed by atoms with Gasteiger partial charge in [0.15, 0.2) is 14.9 Å². The van der Waals surface area contributed by atoms with Crippen LogP contribution in [0, 0.1) is 0 Å². The van der Waals surface area contributed by atoms with Crippen LogP contribution in [0.5, 0.6) is 0 Å². The minimum Gasteiger partial charge on any atom is -0.378 e. The molecule has 0 saturated heterocycles. The number of methoxy groups -OCH3 is 1. The number of aromatic nitrogens is 1. The van der Waals surface area contributed by atoms with Crippen LogP contribution in [-0.4, -0.2) is 38.4 Å². The van der Waals surface area contributed by atoms with Gasteiger partial charge in [-0.25, -0.2) is 13.4 Å². The fourth-order valence-electron chi connectivity index (χ4n) is 1.29. The normalized spacial score (nSPS) is 14.3. The van der Waals surface area contributed by atoms with E-state index >= 15 is 0 Å². The van der Waals surface area contributed by atoms with Gasteiger partial charge in [-0.15, -0.1) is 0 Å². The molecule has 1 N–H and O–H groups in total. The number of hydrogen-bond acceptors (Lipinski definition) is 5. The molecule has 0 bridgehead atoms. The molecule has 6 heteroatoms. The summed E-state index contributed by atoms with van der Waals surface area (Å²) in [5.41, 5.74) is 0.440. The van der Waals surface area contributed by atoms with Crippen molar-refractivity contribution in [2.75, 3.05) is 18.7 Å². The lowest BCUT2D eigenvalue weighted by atomic mass is 10.0. The number of sulfone groups is 1. The number of nitrogens with one attached hydrogen (secondary N) is 1. The third kappa shape index (κ3) is 3.68. The van der Waals surface area contributed by atoms with Gasteiger partial charge in [0.25, 0.3) is 0 Å². The molecule has 1 aromatic rings. The summed E-state index contributed by atoms with van der Waals surface area (Å²) in [6.07, 6.45) is 2.65. The van der Waals surface area contributed by atoms with Gasteiger partial charge >= 0.3 is 0 Å². The van der Waals surface area contributed by atoms with Crippen molar-refractivity contribution in [3.63, 3.8) is 0 Å². The molecule has 0 saturated carbocycles. The molecule has 1 atom stereocenters. The van der Waals surface area contributed by atoms with Crippen LogP contribution in [0.1, 0.15) is 20.8 Å². The quantitative estimate of drug-likeness (QED) is 0.883. The molecule has 1 unspecified atom stereocenters. The molecule has 5 nitrogen and oxygen atoms in total. The van der Waals surface area contributed by atoms with Crippen LogP contribution in [0.4, 0.5) is 5.69 Å². The molecule has 0 aliphatic carbocycles. The first-order valence-corrected chi connectivity index (χ1v) is 7.54. The van der Waals surface area contributed by atoms with Gasteiger partial charge in [-0.3, -0.25) is 0 Å². The van der Waals surface area contributed by atoms with E-state index in [4.69, 9.17) is 4.74 Å². The zero-order valence-corrected chi connectivity index (χ0v) is 12.2. The summed E-state index contributed by atoms with van der Waals surface area (Å²) >= 11 is 0. The second-order valence-corrected chi connectivity index (χ2v) is 6.79. The fraction of sp³-hybridized carbons (Fsp3) is 0.583. The van der Waals surface area contributed by atoms with Gasteiger partial charge in [-0.1, -0.05) is 0 Å². The van der Waals surface area contributed by atoms with Gasteiger partial charge in [0.1, 0.15) is 0 Å². The highest BCUT2D eigenvalue weighted by Gasteiger charge is 2.25. The molecule has 1 rings (SSSR count). The Bertz CT molecular complexity index is 495. The average Bonchev–Trinajstić information content (AvgIpc) is 2.28. The van der Waals surface area contributed by atoms with E-state index in [9.17, 15) is 8.42 Å². The summed E-state index contributed by atoms with van der Waals surface area (Å²) in [7, 11) is -1.59. The van der Waals surface area contributed by atoms with E-state index in [2.05, 4.69) is 10.3 Å². The number of hydrogen-bond donors (Lipinski definition) is 1. The molecule has 0 spiro atoms. The van der Waals surface area contributed by atoms with Crippen LogP contribution in [0.2, 0.25) is 0 Å². The Morgan fingerprint density at radius 3 is 2.39 bits per heavy atom. The van der Waals surface area contributed by atoms with E-state index in [-0.39, 0.29) is 16.7 Å². The van der Waals surface area contributed by atoms with Crippen LogP contribution in [0.25, 0.3) is 0 Å². The van der Waals surface area contributed by atoms with Gasteiger partial charge < -0.3 is 10.1 Å². The summed E-state index contributed by atoms with van der Waals surface area (Å²) in [4.78, 5) is 3.92. The summed E-state index contributed by atoms with van der Waals surface area (Å²) < 4.78 is 27.9. The molecular weight excluding hydrogens is 252 g/mol. The Labute approximate surface area is 108 Å². The molecule has 0 amide bonds. The maximum atomic E-state index is 11.3. The van der Waals surface area contributed by atoms with E-state index < -0.39 is 9.84 Å². The zero-order valence-electron chi connectivity index (χ0n) is 11.4. The lowest BCUT2D eigenvalue weighted by Gasteiger charge is -2.31. The van der Waals surface area contributed by atoms with Crippen LogP contribution in [0.3, 0.4) is 0 Å². The SMILES string of the molecule is COC(C)(C)C(C)Nc1ccc(S(C)(=O)=O)nc1. The van der Waals surface area contributed by atoms with Crippen molar-refractivity contribution in [1.29, 1.82) is 0 Å². The number of nitrogens with zero attached hydrogens (tertiary/aromatic N) is 1.